The first-order valence-electron chi connectivity index (χ1n) is 3.25. The van der Waals surface area contributed by atoms with Gasteiger partial charge in [0.05, 0.1) is 0 Å². The summed E-state index contributed by atoms with van der Waals surface area (Å²) in [6.07, 6.45) is 5.98. The van der Waals surface area contributed by atoms with Crippen molar-refractivity contribution in [2.45, 2.75) is 16.1 Å². The second kappa shape index (κ2) is 2.09. The van der Waals surface area contributed by atoms with Crippen molar-refractivity contribution >= 4 is 31.9 Å². The van der Waals surface area contributed by atoms with E-state index in [0.29, 0.717) is 0 Å². The molecular formula is C7H8Br2. The first-order valence-corrected chi connectivity index (χ1v) is 5.08. The third-order valence-electron chi connectivity index (χ3n) is 2.27. The van der Waals surface area contributed by atoms with E-state index in [4.69, 9.17) is 0 Å². The summed E-state index contributed by atoms with van der Waals surface area (Å²) in [7, 11) is 0. The first kappa shape index (κ1) is 6.41. The fourth-order valence-electron chi connectivity index (χ4n) is 1.71. The highest BCUT2D eigenvalue weighted by Gasteiger charge is 2.41. The molecule has 1 saturated carbocycles. The van der Waals surface area contributed by atoms with Gasteiger partial charge in [-0.15, -0.1) is 0 Å². The Morgan fingerprint density at radius 2 is 2.00 bits per heavy atom. The van der Waals surface area contributed by atoms with E-state index in [1.54, 1.807) is 0 Å². The van der Waals surface area contributed by atoms with Gasteiger partial charge >= 0.3 is 0 Å². The van der Waals surface area contributed by atoms with Crippen LogP contribution < -0.4 is 0 Å². The van der Waals surface area contributed by atoms with E-state index in [1.807, 2.05) is 0 Å². The summed E-state index contributed by atoms with van der Waals surface area (Å²) in [6.45, 7) is 0. The Morgan fingerprint density at radius 3 is 2.22 bits per heavy atom. The van der Waals surface area contributed by atoms with E-state index in [1.165, 1.54) is 6.42 Å². The summed E-state index contributed by atoms with van der Waals surface area (Å²) in [5.74, 6) is 1.56. The van der Waals surface area contributed by atoms with Crippen molar-refractivity contribution in [1.82, 2.24) is 0 Å². The number of allylic oxidation sites excluding steroid dienone is 2. The molecule has 0 aromatic rings. The van der Waals surface area contributed by atoms with E-state index in [9.17, 15) is 0 Å². The van der Waals surface area contributed by atoms with Crippen LogP contribution in [0.4, 0.5) is 0 Å². The number of fused-ring (bicyclic) bond motifs is 2. The number of alkyl halides is 2. The zero-order chi connectivity index (χ0) is 6.43. The zero-order valence-electron chi connectivity index (χ0n) is 4.93. The van der Waals surface area contributed by atoms with Gasteiger partial charge in [0.15, 0.2) is 0 Å². The van der Waals surface area contributed by atoms with Crippen molar-refractivity contribution in [2.75, 3.05) is 0 Å². The molecule has 2 aliphatic carbocycles. The summed E-state index contributed by atoms with van der Waals surface area (Å²) >= 11 is 7.33. The molecule has 50 valence electrons. The van der Waals surface area contributed by atoms with Gasteiger partial charge in [-0.05, 0) is 12.3 Å². The highest BCUT2D eigenvalue weighted by Crippen LogP contribution is 2.46. The fourth-order valence-corrected chi connectivity index (χ4v) is 4.00. The van der Waals surface area contributed by atoms with Crippen LogP contribution in [0.25, 0.3) is 0 Å². The van der Waals surface area contributed by atoms with Gasteiger partial charge in [0.2, 0.25) is 0 Å². The zero-order valence-corrected chi connectivity index (χ0v) is 8.10. The molecular weight excluding hydrogens is 244 g/mol. The minimum Gasteiger partial charge on any atom is -0.0884 e. The standard InChI is InChI=1S/C7H8Br2/c8-6-3-4-1-2-5(6)7(4)9/h1-2,4-7H,3H2/t4-,5+,6-,7+/m0/s1. The predicted octanol–water partition coefficient (Wildman–Crippen LogP) is 2.72. The lowest BCUT2D eigenvalue weighted by Gasteiger charge is -2.08. The summed E-state index contributed by atoms with van der Waals surface area (Å²) in [4.78, 5) is 1.46. The molecule has 0 unspecified atom stereocenters. The van der Waals surface area contributed by atoms with E-state index >= 15 is 0 Å². The van der Waals surface area contributed by atoms with Crippen molar-refractivity contribution in [3.05, 3.63) is 12.2 Å². The van der Waals surface area contributed by atoms with Crippen LogP contribution in [0.5, 0.6) is 0 Å². The Hall–Kier alpha value is 0.700. The molecule has 0 N–H and O–H groups in total. The maximum atomic E-state index is 3.68. The van der Waals surface area contributed by atoms with E-state index in [0.717, 1.165) is 21.5 Å². The highest BCUT2D eigenvalue weighted by molar-refractivity contribution is 9.10. The van der Waals surface area contributed by atoms with Crippen LogP contribution in [0.3, 0.4) is 0 Å². The molecule has 0 radical (unpaired) electrons. The Kier molecular flexibility index (Phi) is 1.49. The van der Waals surface area contributed by atoms with E-state index < -0.39 is 0 Å². The smallest absolute Gasteiger partial charge is 0.0282 e. The molecule has 0 saturated heterocycles. The maximum Gasteiger partial charge on any atom is 0.0282 e. The molecule has 0 heterocycles. The van der Waals surface area contributed by atoms with Crippen molar-refractivity contribution in [3.8, 4) is 0 Å². The SMILES string of the molecule is Br[C@H]1[C@@H]2C=C[C@H]1C[C@@H]2Br. The maximum absolute atomic E-state index is 3.68. The van der Waals surface area contributed by atoms with Crippen LogP contribution in [-0.4, -0.2) is 9.65 Å². The molecule has 0 spiro atoms. The lowest BCUT2D eigenvalue weighted by atomic mass is 10.1. The van der Waals surface area contributed by atoms with Crippen LogP contribution in [0.2, 0.25) is 0 Å². The minimum atomic E-state index is 0.724. The summed E-state index contributed by atoms with van der Waals surface area (Å²) in [5, 5.41) is 0. The topological polar surface area (TPSA) is 0 Å². The molecule has 2 heteroatoms. The Balaban J connectivity index is 2.26. The number of halogens is 2. The molecule has 0 nitrogen and oxygen atoms in total. The largest absolute Gasteiger partial charge is 0.0884 e. The van der Waals surface area contributed by atoms with Gasteiger partial charge in [-0.3, -0.25) is 0 Å². The van der Waals surface area contributed by atoms with Crippen LogP contribution in [0, 0.1) is 11.8 Å². The minimum absolute atomic E-state index is 0.724. The van der Waals surface area contributed by atoms with E-state index in [2.05, 4.69) is 44.0 Å². The fraction of sp³-hybridized carbons (Fsp3) is 0.714. The second-order valence-electron chi connectivity index (χ2n) is 2.82. The normalized spacial score (nSPS) is 54.9. The van der Waals surface area contributed by atoms with Gasteiger partial charge in [0.1, 0.15) is 0 Å². The summed E-state index contributed by atoms with van der Waals surface area (Å²) < 4.78 is 0. The summed E-state index contributed by atoms with van der Waals surface area (Å²) in [5.41, 5.74) is 0. The van der Waals surface area contributed by atoms with Crippen molar-refractivity contribution in [3.63, 3.8) is 0 Å². The number of rotatable bonds is 0. The first-order chi connectivity index (χ1) is 4.29. The third kappa shape index (κ3) is 0.829. The molecule has 0 amide bonds. The van der Waals surface area contributed by atoms with Crippen LogP contribution in [0.1, 0.15) is 6.42 Å². The average Bonchev–Trinajstić information content (AvgIpc) is 2.25. The van der Waals surface area contributed by atoms with Crippen LogP contribution in [-0.2, 0) is 0 Å². The molecule has 2 rings (SSSR count). The molecule has 2 aliphatic rings. The quantitative estimate of drug-likeness (QED) is 0.459. The Bertz CT molecular complexity index is 153. The monoisotopic (exact) mass is 250 g/mol. The van der Waals surface area contributed by atoms with Gasteiger partial charge in [0.25, 0.3) is 0 Å². The molecule has 1 fully saturated rings. The molecule has 4 atom stereocenters. The third-order valence-corrected chi connectivity index (χ3v) is 4.55. The van der Waals surface area contributed by atoms with Gasteiger partial charge in [-0.1, -0.05) is 44.0 Å². The molecule has 0 aromatic heterocycles. The van der Waals surface area contributed by atoms with Crippen molar-refractivity contribution < 1.29 is 0 Å². The van der Waals surface area contributed by atoms with E-state index in [-0.39, 0.29) is 0 Å². The van der Waals surface area contributed by atoms with Crippen LogP contribution >= 0.6 is 31.9 Å². The Morgan fingerprint density at radius 1 is 1.22 bits per heavy atom. The number of hydrogen-bond acceptors (Lipinski definition) is 0. The summed E-state index contributed by atoms with van der Waals surface area (Å²) in [6, 6.07) is 0. The lowest BCUT2D eigenvalue weighted by Crippen LogP contribution is -2.08. The van der Waals surface area contributed by atoms with Gasteiger partial charge in [-0.25, -0.2) is 0 Å². The molecule has 0 aliphatic heterocycles. The average molecular weight is 252 g/mol. The molecule has 2 bridgehead atoms. The lowest BCUT2D eigenvalue weighted by molar-refractivity contribution is 0.721. The predicted molar refractivity (Wildman–Crippen MR) is 46.2 cm³/mol. The molecule has 9 heavy (non-hydrogen) atoms. The highest BCUT2D eigenvalue weighted by atomic mass is 79.9. The van der Waals surface area contributed by atoms with Crippen molar-refractivity contribution in [1.29, 1.82) is 0 Å². The number of hydrogen-bond donors (Lipinski definition) is 0. The van der Waals surface area contributed by atoms with Gasteiger partial charge in [-0.2, -0.15) is 0 Å². The Labute approximate surface area is 72.0 Å². The van der Waals surface area contributed by atoms with Crippen LogP contribution in [0.15, 0.2) is 12.2 Å². The van der Waals surface area contributed by atoms with Crippen molar-refractivity contribution in [2.24, 2.45) is 11.8 Å². The van der Waals surface area contributed by atoms with Gasteiger partial charge < -0.3 is 0 Å². The second-order valence-corrected chi connectivity index (χ2v) is 5.06. The van der Waals surface area contributed by atoms with Gasteiger partial charge in [0, 0.05) is 15.6 Å². The molecule has 0 aromatic carbocycles.